The Morgan fingerprint density at radius 3 is 2.81 bits per heavy atom. The molecule has 0 aliphatic rings. The number of thiazole rings is 1. The van der Waals surface area contributed by atoms with Gasteiger partial charge in [0.1, 0.15) is 11.5 Å². The van der Waals surface area contributed by atoms with E-state index in [0.29, 0.717) is 17.3 Å². The number of nitrogens with one attached hydrogen (secondary N) is 1. The maximum Gasteiger partial charge on any atom is 0.274 e. The summed E-state index contributed by atoms with van der Waals surface area (Å²) in [5, 5.41) is 15.9. The summed E-state index contributed by atoms with van der Waals surface area (Å²) in [4.78, 5) is 17.8. The number of benzene rings is 2. The maximum atomic E-state index is 13.3. The van der Waals surface area contributed by atoms with E-state index in [1.807, 2.05) is 55.5 Å². The first-order chi connectivity index (χ1) is 15.2. The molecule has 0 unspecified atom stereocenters. The van der Waals surface area contributed by atoms with Crippen LogP contribution in [0.15, 0.2) is 71.3 Å². The summed E-state index contributed by atoms with van der Waals surface area (Å²) in [7, 11) is 0. The van der Waals surface area contributed by atoms with Gasteiger partial charge in [0.2, 0.25) is 0 Å². The van der Waals surface area contributed by atoms with Gasteiger partial charge in [0.05, 0.1) is 21.5 Å². The van der Waals surface area contributed by atoms with Gasteiger partial charge in [-0.2, -0.15) is 4.68 Å². The molecule has 5 aromatic rings. The van der Waals surface area contributed by atoms with Crippen LogP contribution in [-0.4, -0.2) is 31.1 Å². The van der Waals surface area contributed by atoms with Crippen LogP contribution < -0.4 is 5.32 Å². The second-order valence-corrected chi connectivity index (χ2v) is 7.93. The highest BCUT2D eigenvalue weighted by molar-refractivity contribution is 7.18. The molecule has 0 saturated carbocycles. The molecule has 0 fully saturated rings. The van der Waals surface area contributed by atoms with Gasteiger partial charge in [0.15, 0.2) is 5.82 Å². The van der Waals surface area contributed by atoms with Crippen molar-refractivity contribution in [3.05, 3.63) is 77.7 Å². The third kappa shape index (κ3) is 3.86. The van der Waals surface area contributed by atoms with E-state index in [1.165, 1.54) is 4.68 Å². The van der Waals surface area contributed by atoms with Crippen molar-refractivity contribution in [2.24, 2.45) is 0 Å². The van der Waals surface area contributed by atoms with Crippen molar-refractivity contribution >= 4 is 44.9 Å². The average molecular weight is 428 g/mol. The molecule has 0 spiro atoms. The number of anilines is 1. The lowest BCUT2D eigenvalue weighted by Gasteiger charge is -2.10. The topological polar surface area (TPSA) is 98.7 Å². The molecule has 31 heavy (non-hydrogen) atoms. The van der Waals surface area contributed by atoms with Gasteiger partial charge in [-0.3, -0.25) is 4.79 Å². The highest BCUT2D eigenvalue weighted by Gasteiger charge is 2.20. The molecule has 8 nitrogen and oxygen atoms in total. The molecule has 0 aliphatic heterocycles. The zero-order chi connectivity index (χ0) is 21.2. The largest absolute Gasteiger partial charge is 0.465 e. The Balaban J connectivity index is 1.54. The van der Waals surface area contributed by atoms with E-state index in [0.717, 1.165) is 20.8 Å². The summed E-state index contributed by atoms with van der Waals surface area (Å²) in [5.41, 5.74) is 2.56. The summed E-state index contributed by atoms with van der Waals surface area (Å²) in [5.74, 6) is 0.580. The van der Waals surface area contributed by atoms with Crippen LogP contribution in [0.5, 0.6) is 0 Å². The van der Waals surface area contributed by atoms with Gasteiger partial charge < -0.3 is 9.73 Å². The molecule has 3 aromatic heterocycles. The minimum atomic E-state index is -0.374. The fourth-order valence-corrected chi connectivity index (χ4v) is 4.03. The molecule has 1 N–H and O–H groups in total. The Labute approximate surface area is 180 Å². The molecule has 1 amide bonds. The summed E-state index contributed by atoms with van der Waals surface area (Å²) < 4.78 is 7.83. The van der Waals surface area contributed by atoms with Gasteiger partial charge in [0, 0.05) is 17.3 Å². The number of hydrogen-bond acceptors (Lipinski definition) is 7. The molecule has 0 radical (unpaired) electrons. The fourth-order valence-electron chi connectivity index (χ4n) is 3.16. The first kappa shape index (κ1) is 18.9. The van der Waals surface area contributed by atoms with Crippen LogP contribution in [0.2, 0.25) is 0 Å². The molecule has 0 atom stereocenters. The first-order valence-electron chi connectivity index (χ1n) is 9.45. The fraction of sp³-hybridized carbons (Fsp3) is 0.0455. The van der Waals surface area contributed by atoms with E-state index in [-0.39, 0.29) is 11.6 Å². The van der Waals surface area contributed by atoms with Crippen LogP contribution in [0.3, 0.4) is 0 Å². The number of nitrogens with zero attached hydrogens (tertiary/aromatic N) is 5. The van der Waals surface area contributed by atoms with Gasteiger partial charge in [-0.15, -0.1) is 16.4 Å². The van der Waals surface area contributed by atoms with Crippen LogP contribution in [-0.2, 0) is 4.79 Å². The van der Waals surface area contributed by atoms with Crippen molar-refractivity contribution in [1.29, 1.82) is 0 Å². The third-order valence-corrected chi connectivity index (χ3v) is 5.47. The van der Waals surface area contributed by atoms with E-state index >= 15 is 0 Å². The molecule has 9 heteroatoms. The zero-order valence-electron chi connectivity index (χ0n) is 16.4. The maximum absolute atomic E-state index is 13.3. The number of furan rings is 1. The van der Waals surface area contributed by atoms with E-state index < -0.39 is 0 Å². The zero-order valence-corrected chi connectivity index (χ0v) is 17.2. The van der Waals surface area contributed by atoms with Crippen LogP contribution in [0.4, 0.5) is 5.69 Å². The lowest BCUT2D eigenvalue weighted by Crippen LogP contribution is -2.19. The summed E-state index contributed by atoms with van der Waals surface area (Å²) in [6.07, 6.45) is 3.15. The second-order valence-electron chi connectivity index (χ2n) is 6.69. The van der Waals surface area contributed by atoms with Crippen molar-refractivity contribution in [1.82, 2.24) is 25.2 Å². The smallest absolute Gasteiger partial charge is 0.274 e. The Morgan fingerprint density at radius 2 is 2.00 bits per heavy atom. The van der Waals surface area contributed by atoms with Crippen LogP contribution in [0.1, 0.15) is 10.8 Å². The van der Waals surface area contributed by atoms with Gasteiger partial charge in [0.25, 0.3) is 5.91 Å². The SMILES string of the molecule is Cc1nc2ccc(NC(=O)/C(=C/c3ccco3)n3nnnc3-c3ccccc3)cc2s1. The lowest BCUT2D eigenvalue weighted by molar-refractivity contribution is -0.111. The molecule has 2 aromatic carbocycles. The number of rotatable bonds is 5. The number of carbonyl (C=O) groups excluding carboxylic acids is 1. The van der Waals surface area contributed by atoms with Crippen LogP contribution in [0, 0.1) is 6.92 Å². The van der Waals surface area contributed by atoms with Crippen molar-refractivity contribution < 1.29 is 9.21 Å². The van der Waals surface area contributed by atoms with Crippen molar-refractivity contribution in [2.75, 3.05) is 5.32 Å². The molecule has 0 aliphatic carbocycles. The second kappa shape index (κ2) is 7.96. The van der Waals surface area contributed by atoms with Gasteiger partial charge >= 0.3 is 0 Å². The number of carbonyl (C=O) groups is 1. The van der Waals surface area contributed by atoms with Gasteiger partial charge in [-0.05, 0) is 47.7 Å². The Kier molecular flexibility index (Phi) is 4.85. The predicted octanol–water partition coefficient (Wildman–Crippen LogP) is 4.49. The van der Waals surface area contributed by atoms with Crippen molar-refractivity contribution in [3.8, 4) is 11.4 Å². The molecule has 3 heterocycles. The predicted molar refractivity (Wildman–Crippen MR) is 119 cm³/mol. The number of aromatic nitrogens is 5. The summed E-state index contributed by atoms with van der Waals surface area (Å²) in [6, 6.07) is 18.5. The number of tetrazole rings is 1. The van der Waals surface area contributed by atoms with Gasteiger partial charge in [-0.1, -0.05) is 30.3 Å². The Hall–Kier alpha value is -4.11. The molecular weight excluding hydrogens is 412 g/mol. The van der Waals surface area contributed by atoms with E-state index in [2.05, 4.69) is 25.8 Å². The van der Waals surface area contributed by atoms with E-state index in [1.54, 1.807) is 35.8 Å². The van der Waals surface area contributed by atoms with Crippen molar-refractivity contribution in [3.63, 3.8) is 0 Å². The molecule has 0 bridgehead atoms. The first-order valence-corrected chi connectivity index (χ1v) is 10.3. The molecule has 0 saturated heterocycles. The molecule has 5 rings (SSSR count). The Bertz CT molecular complexity index is 1390. The highest BCUT2D eigenvalue weighted by Crippen LogP contribution is 2.26. The van der Waals surface area contributed by atoms with Crippen molar-refractivity contribution in [2.45, 2.75) is 6.92 Å². The quantitative estimate of drug-likeness (QED) is 0.414. The number of hydrogen-bond donors (Lipinski definition) is 1. The van der Waals surface area contributed by atoms with Crippen LogP contribution >= 0.6 is 11.3 Å². The summed E-state index contributed by atoms with van der Waals surface area (Å²) >= 11 is 1.57. The average Bonchev–Trinajstić information content (AvgIpc) is 3.52. The number of fused-ring (bicyclic) bond motifs is 1. The monoisotopic (exact) mass is 428 g/mol. The normalized spacial score (nSPS) is 11.7. The minimum Gasteiger partial charge on any atom is -0.465 e. The summed E-state index contributed by atoms with van der Waals surface area (Å²) in [6.45, 7) is 1.95. The standard InChI is InChI=1S/C22H16N6O2S/c1-14-23-18-10-9-16(12-20(18)31-14)24-22(29)19(13-17-8-5-11-30-17)28-21(25-26-27-28)15-6-3-2-4-7-15/h2-13H,1H3,(H,24,29)/b19-13-. The number of aryl methyl sites for hydroxylation is 1. The van der Waals surface area contributed by atoms with E-state index in [9.17, 15) is 4.79 Å². The lowest BCUT2D eigenvalue weighted by atomic mass is 10.2. The minimum absolute atomic E-state index is 0.222. The molecular formula is C22H16N6O2S. The van der Waals surface area contributed by atoms with Gasteiger partial charge in [-0.25, -0.2) is 4.98 Å². The van der Waals surface area contributed by atoms with E-state index in [4.69, 9.17) is 4.42 Å². The highest BCUT2D eigenvalue weighted by atomic mass is 32.1. The number of amides is 1. The third-order valence-electron chi connectivity index (χ3n) is 4.54. The molecule has 152 valence electrons. The Morgan fingerprint density at radius 1 is 1.13 bits per heavy atom. The van der Waals surface area contributed by atoms with Crippen LogP contribution in [0.25, 0.3) is 33.4 Å².